The summed E-state index contributed by atoms with van der Waals surface area (Å²) < 4.78 is 48.2. The third kappa shape index (κ3) is 3.01. The van der Waals surface area contributed by atoms with Crippen LogP contribution < -0.4 is 10.1 Å². The Morgan fingerprint density at radius 1 is 1.27 bits per heavy atom. The molecule has 0 saturated carbocycles. The molecule has 1 aromatic heterocycles. The lowest BCUT2D eigenvalue weighted by Crippen LogP contribution is -2.58. The van der Waals surface area contributed by atoms with Crippen LogP contribution in [0.5, 0.6) is 5.75 Å². The van der Waals surface area contributed by atoms with Crippen molar-refractivity contribution < 1.29 is 23.0 Å². The maximum Gasteiger partial charge on any atom is 0.419 e. The number of fused-ring (bicyclic) bond motifs is 2. The molecule has 2 atom stereocenters. The molecule has 1 aliphatic carbocycles. The Morgan fingerprint density at radius 3 is 2.67 bits per heavy atom. The minimum absolute atomic E-state index is 0.285. The first-order valence-electron chi connectivity index (χ1n) is 9.34. The van der Waals surface area contributed by atoms with Crippen LogP contribution in [0.2, 0.25) is 5.02 Å². The Balaban J connectivity index is 1.97. The molecule has 1 heterocycles. The number of aromatic amines is 1. The van der Waals surface area contributed by atoms with E-state index in [2.05, 4.69) is 15.5 Å². The predicted octanol–water partition coefficient (Wildman–Crippen LogP) is 5.35. The lowest BCUT2D eigenvalue weighted by Gasteiger charge is -2.49. The summed E-state index contributed by atoms with van der Waals surface area (Å²) in [5.74, 6) is 0.316. The van der Waals surface area contributed by atoms with E-state index in [1.165, 1.54) is 25.4 Å². The number of halogens is 4. The molecule has 4 rings (SSSR count). The van der Waals surface area contributed by atoms with Crippen LogP contribution in [0.3, 0.4) is 0 Å². The predicted molar refractivity (Wildman–Crippen MR) is 109 cm³/mol. The zero-order valence-corrected chi connectivity index (χ0v) is 17.3. The van der Waals surface area contributed by atoms with Crippen molar-refractivity contribution in [2.75, 3.05) is 12.4 Å². The number of methoxy groups -OCH3 is 1. The highest BCUT2D eigenvalue weighted by Gasteiger charge is 2.64. The van der Waals surface area contributed by atoms with Gasteiger partial charge in [-0.15, -0.1) is 0 Å². The molecule has 3 N–H and O–H groups in total. The number of hydrogen-bond acceptors (Lipinski definition) is 4. The molecule has 2 aromatic carbocycles. The molecule has 0 bridgehead atoms. The number of alkyl halides is 3. The number of nitrogens with zero attached hydrogens (tertiary/aromatic N) is 1. The molecule has 0 fully saturated rings. The molecule has 1 aliphatic rings. The van der Waals surface area contributed by atoms with Crippen LogP contribution in [0.25, 0.3) is 10.9 Å². The Bertz CT molecular complexity index is 1110. The maximum atomic E-state index is 14.3. The maximum absolute atomic E-state index is 14.3. The lowest BCUT2D eigenvalue weighted by molar-refractivity contribution is -0.275. The topological polar surface area (TPSA) is 70.2 Å². The fourth-order valence-corrected chi connectivity index (χ4v) is 4.78. The quantitative estimate of drug-likeness (QED) is 0.514. The van der Waals surface area contributed by atoms with Gasteiger partial charge >= 0.3 is 6.18 Å². The van der Waals surface area contributed by atoms with Crippen LogP contribution in [0, 0.1) is 0 Å². The van der Waals surface area contributed by atoms with Crippen molar-refractivity contribution in [3.63, 3.8) is 0 Å². The average molecular weight is 440 g/mol. The number of hydrogen-bond donors (Lipinski definition) is 3. The van der Waals surface area contributed by atoms with E-state index in [0.717, 1.165) is 0 Å². The zero-order chi connectivity index (χ0) is 21.9. The van der Waals surface area contributed by atoms with E-state index >= 15 is 0 Å². The van der Waals surface area contributed by atoms with Gasteiger partial charge in [-0.1, -0.05) is 37.6 Å². The molecule has 0 aliphatic heterocycles. The minimum Gasteiger partial charge on any atom is -0.495 e. The van der Waals surface area contributed by atoms with Gasteiger partial charge in [0.25, 0.3) is 0 Å². The standard InChI is InChI=1S/C21H21ClF3N3O2/c1-19(2)10-20(29,21(23,24)25)18(11-7-8-13(22)17(30-3)16(11)19)27-14-5-4-6-15-12(14)9-26-28-15/h4-9,18,27,29H,10H2,1-3H3,(H,26,28). The summed E-state index contributed by atoms with van der Waals surface area (Å²) in [5, 5.41) is 21.7. The van der Waals surface area contributed by atoms with E-state index in [9.17, 15) is 18.3 Å². The van der Waals surface area contributed by atoms with Gasteiger partial charge in [0.1, 0.15) is 5.75 Å². The summed E-state index contributed by atoms with van der Waals surface area (Å²) in [4.78, 5) is 0. The number of rotatable bonds is 3. The highest BCUT2D eigenvalue weighted by atomic mass is 35.5. The van der Waals surface area contributed by atoms with Gasteiger partial charge in [-0.05, 0) is 35.6 Å². The normalized spacial score (nSPS) is 23.3. The van der Waals surface area contributed by atoms with Gasteiger partial charge in [-0.2, -0.15) is 18.3 Å². The molecular formula is C21H21ClF3N3O2. The molecule has 9 heteroatoms. The Hall–Kier alpha value is -2.45. The molecule has 0 spiro atoms. The Morgan fingerprint density at radius 2 is 2.00 bits per heavy atom. The van der Waals surface area contributed by atoms with Crippen molar-refractivity contribution in [3.05, 3.63) is 52.7 Å². The van der Waals surface area contributed by atoms with Gasteiger partial charge in [0.15, 0.2) is 5.60 Å². The number of aromatic nitrogens is 2. The van der Waals surface area contributed by atoms with Gasteiger partial charge in [0.05, 0.1) is 29.9 Å². The largest absolute Gasteiger partial charge is 0.495 e. The smallest absolute Gasteiger partial charge is 0.419 e. The first kappa shape index (κ1) is 20.8. The van der Waals surface area contributed by atoms with Crippen LogP contribution in [0.15, 0.2) is 36.5 Å². The number of benzene rings is 2. The Labute approximate surface area is 176 Å². The highest BCUT2D eigenvalue weighted by molar-refractivity contribution is 6.32. The van der Waals surface area contributed by atoms with Gasteiger partial charge in [0.2, 0.25) is 0 Å². The van der Waals surface area contributed by atoms with Crippen molar-refractivity contribution in [1.29, 1.82) is 0 Å². The van der Waals surface area contributed by atoms with Crippen molar-refractivity contribution in [2.45, 2.75) is 43.5 Å². The second kappa shape index (κ2) is 6.78. The van der Waals surface area contributed by atoms with Crippen LogP contribution in [0.1, 0.15) is 37.4 Å². The molecule has 3 aromatic rings. The van der Waals surface area contributed by atoms with Crippen LogP contribution in [-0.4, -0.2) is 34.2 Å². The molecule has 0 amide bonds. The molecule has 5 nitrogen and oxygen atoms in total. The third-order valence-corrected chi connectivity index (χ3v) is 6.10. The van der Waals surface area contributed by atoms with E-state index < -0.39 is 29.7 Å². The molecule has 160 valence electrons. The molecule has 2 unspecified atom stereocenters. The van der Waals surface area contributed by atoms with Crippen molar-refractivity contribution in [2.24, 2.45) is 0 Å². The van der Waals surface area contributed by atoms with Crippen LogP contribution >= 0.6 is 11.6 Å². The molecule has 0 saturated heterocycles. The van der Waals surface area contributed by atoms with Gasteiger partial charge in [-0.25, -0.2) is 0 Å². The highest BCUT2D eigenvalue weighted by Crippen LogP contribution is 2.57. The fourth-order valence-electron chi connectivity index (χ4n) is 4.54. The molecule has 0 radical (unpaired) electrons. The van der Waals surface area contributed by atoms with E-state index in [1.54, 1.807) is 32.0 Å². The van der Waals surface area contributed by atoms with E-state index in [1.807, 2.05) is 0 Å². The summed E-state index contributed by atoms with van der Waals surface area (Å²) in [6.45, 7) is 3.29. The number of nitrogens with one attached hydrogen (secondary N) is 2. The first-order chi connectivity index (χ1) is 14.0. The van der Waals surface area contributed by atoms with Gasteiger partial charge in [0, 0.05) is 16.6 Å². The van der Waals surface area contributed by atoms with E-state index in [0.29, 0.717) is 32.9 Å². The fraction of sp³-hybridized carbons (Fsp3) is 0.381. The molecular weight excluding hydrogens is 419 g/mol. The molecule has 30 heavy (non-hydrogen) atoms. The second-order valence-corrected chi connectivity index (χ2v) is 8.65. The van der Waals surface area contributed by atoms with Crippen molar-refractivity contribution in [1.82, 2.24) is 10.2 Å². The number of aliphatic hydroxyl groups is 1. The monoisotopic (exact) mass is 439 g/mol. The van der Waals surface area contributed by atoms with E-state index in [4.69, 9.17) is 16.3 Å². The average Bonchev–Trinajstić information content (AvgIpc) is 3.13. The first-order valence-corrected chi connectivity index (χ1v) is 9.72. The second-order valence-electron chi connectivity index (χ2n) is 8.24. The summed E-state index contributed by atoms with van der Waals surface area (Å²) in [7, 11) is 1.43. The lowest BCUT2D eigenvalue weighted by atomic mass is 9.63. The SMILES string of the molecule is COc1c(Cl)ccc2c1C(C)(C)CC(O)(C(F)(F)F)C2Nc1cccc2[nH]ncc12. The minimum atomic E-state index is -4.88. The van der Waals surface area contributed by atoms with Gasteiger partial charge in [-0.3, -0.25) is 5.10 Å². The Kier molecular flexibility index (Phi) is 4.70. The van der Waals surface area contributed by atoms with Crippen LogP contribution in [0.4, 0.5) is 18.9 Å². The summed E-state index contributed by atoms with van der Waals surface area (Å²) in [6, 6.07) is 6.65. The summed E-state index contributed by atoms with van der Waals surface area (Å²) in [6.07, 6.45) is -3.91. The zero-order valence-electron chi connectivity index (χ0n) is 16.6. The van der Waals surface area contributed by atoms with Crippen LogP contribution in [-0.2, 0) is 5.41 Å². The number of ether oxygens (including phenoxy) is 1. The third-order valence-electron chi connectivity index (χ3n) is 5.80. The van der Waals surface area contributed by atoms with Crippen molar-refractivity contribution >= 4 is 28.2 Å². The number of anilines is 1. The number of H-pyrrole nitrogens is 1. The summed E-state index contributed by atoms with van der Waals surface area (Å²) >= 11 is 6.28. The van der Waals surface area contributed by atoms with Gasteiger partial charge < -0.3 is 15.2 Å². The van der Waals surface area contributed by atoms with Crippen molar-refractivity contribution in [3.8, 4) is 5.75 Å². The summed E-state index contributed by atoms with van der Waals surface area (Å²) in [5.41, 5.74) is -2.14. The van der Waals surface area contributed by atoms with E-state index in [-0.39, 0.29) is 5.56 Å².